The van der Waals surface area contributed by atoms with E-state index < -0.39 is 0 Å². The van der Waals surface area contributed by atoms with Gasteiger partial charge in [0.25, 0.3) is 0 Å². The Morgan fingerprint density at radius 1 is 1.41 bits per heavy atom. The largest absolute Gasteiger partial charge is 0.379 e. The van der Waals surface area contributed by atoms with E-state index in [2.05, 4.69) is 5.32 Å². The molecule has 0 unspecified atom stereocenters. The number of carbonyl (C=O) groups excluding carboxylic acids is 1. The normalized spacial score (nSPS) is 24.6. The van der Waals surface area contributed by atoms with Crippen molar-refractivity contribution in [3.05, 3.63) is 0 Å². The van der Waals surface area contributed by atoms with Crippen LogP contribution in [0.4, 0.5) is 0 Å². The predicted molar refractivity (Wildman–Crippen MR) is 66.8 cm³/mol. The molecular weight excluding hydrogens is 216 g/mol. The van der Waals surface area contributed by atoms with Gasteiger partial charge in [0.1, 0.15) is 0 Å². The maximum Gasteiger partial charge on any atom is 0.226 e. The van der Waals surface area contributed by atoms with Crippen molar-refractivity contribution < 1.29 is 9.53 Å². The lowest BCUT2D eigenvalue weighted by Crippen LogP contribution is -2.42. The SMILES string of the molecule is CN(CCOCC1CC1)C(=O)[C@H]1CCCNC1. The summed E-state index contributed by atoms with van der Waals surface area (Å²) in [4.78, 5) is 13.9. The highest BCUT2D eigenvalue weighted by Crippen LogP contribution is 2.28. The van der Waals surface area contributed by atoms with Gasteiger partial charge in [0.05, 0.1) is 12.5 Å². The summed E-state index contributed by atoms with van der Waals surface area (Å²) in [5.74, 6) is 1.25. The van der Waals surface area contributed by atoms with Gasteiger partial charge in [-0.15, -0.1) is 0 Å². The van der Waals surface area contributed by atoms with E-state index in [0.717, 1.165) is 45.0 Å². The van der Waals surface area contributed by atoms with Gasteiger partial charge in [0.2, 0.25) is 5.91 Å². The minimum absolute atomic E-state index is 0.178. The van der Waals surface area contributed by atoms with Crippen LogP contribution in [0.5, 0.6) is 0 Å². The maximum absolute atomic E-state index is 12.1. The first-order chi connectivity index (χ1) is 8.27. The van der Waals surface area contributed by atoms with Crippen LogP contribution in [-0.4, -0.2) is 50.7 Å². The van der Waals surface area contributed by atoms with Crippen molar-refractivity contribution in [3.8, 4) is 0 Å². The second-order valence-corrected chi connectivity index (χ2v) is 5.32. The third-order valence-electron chi connectivity index (χ3n) is 3.64. The van der Waals surface area contributed by atoms with Crippen molar-refractivity contribution >= 4 is 5.91 Å². The second kappa shape index (κ2) is 6.36. The molecule has 2 rings (SSSR count). The van der Waals surface area contributed by atoms with E-state index in [1.165, 1.54) is 12.8 Å². The molecule has 98 valence electrons. The molecule has 2 fully saturated rings. The van der Waals surface area contributed by atoms with Gasteiger partial charge in [-0.3, -0.25) is 4.79 Å². The molecule has 1 N–H and O–H groups in total. The first-order valence-corrected chi connectivity index (χ1v) is 6.81. The summed E-state index contributed by atoms with van der Waals surface area (Å²) in [6, 6.07) is 0. The highest BCUT2D eigenvalue weighted by atomic mass is 16.5. The van der Waals surface area contributed by atoms with Gasteiger partial charge in [0, 0.05) is 26.7 Å². The van der Waals surface area contributed by atoms with Crippen LogP contribution >= 0.6 is 0 Å². The number of ether oxygens (including phenoxy) is 1. The van der Waals surface area contributed by atoms with Gasteiger partial charge in [-0.05, 0) is 38.1 Å². The Morgan fingerprint density at radius 3 is 2.88 bits per heavy atom. The Morgan fingerprint density at radius 2 is 2.24 bits per heavy atom. The summed E-state index contributed by atoms with van der Waals surface area (Å²) in [5, 5.41) is 3.28. The van der Waals surface area contributed by atoms with Gasteiger partial charge in [-0.25, -0.2) is 0 Å². The van der Waals surface area contributed by atoms with E-state index in [-0.39, 0.29) is 11.8 Å². The molecule has 4 nitrogen and oxygen atoms in total. The lowest BCUT2D eigenvalue weighted by atomic mass is 9.98. The Balaban J connectivity index is 1.59. The molecule has 0 radical (unpaired) electrons. The number of rotatable bonds is 6. The van der Waals surface area contributed by atoms with Crippen molar-refractivity contribution in [2.45, 2.75) is 25.7 Å². The zero-order chi connectivity index (χ0) is 12.1. The number of piperidine rings is 1. The first-order valence-electron chi connectivity index (χ1n) is 6.81. The molecular formula is C13H24N2O2. The molecule has 0 aromatic heterocycles. The van der Waals surface area contributed by atoms with Crippen LogP contribution in [0.3, 0.4) is 0 Å². The van der Waals surface area contributed by atoms with Crippen molar-refractivity contribution in [2.75, 3.05) is 39.9 Å². The number of nitrogens with one attached hydrogen (secondary N) is 1. The molecule has 2 aliphatic rings. The summed E-state index contributed by atoms with van der Waals surface area (Å²) in [6.07, 6.45) is 4.78. The molecule has 1 saturated heterocycles. The van der Waals surface area contributed by atoms with Crippen LogP contribution in [0.2, 0.25) is 0 Å². The highest BCUT2D eigenvalue weighted by molar-refractivity contribution is 5.78. The summed E-state index contributed by atoms with van der Waals surface area (Å²) in [6.45, 7) is 4.18. The van der Waals surface area contributed by atoms with Crippen molar-refractivity contribution in [2.24, 2.45) is 11.8 Å². The first kappa shape index (κ1) is 12.8. The smallest absolute Gasteiger partial charge is 0.226 e. The summed E-state index contributed by atoms with van der Waals surface area (Å²) >= 11 is 0. The molecule has 0 spiro atoms. The number of hydrogen-bond acceptors (Lipinski definition) is 3. The van der Waals surface area contributed by atoms with Gasteiger partial charge in [0.15, 0.2) is 0 Å². The molecule has 1 heterocycles. The van der Waals surface area contributed by atoms with Crippen LogP contribution in [-0.2, 0) is 9.53 Å². The number of nitrogens with zero attached hydrogens (tertiary/aromatic N) is 1. The van der Waals surface area contributed by atoms with Crippen LogP contribution in [0.15, 0.2) is 0 Å². The number of amides is 1. The molecule has 0 aromatic carbocycles. The van der Waals surface area contributed by atoms with Crippen LogP contribution in [0.1, 0.15) is 25.7 Å². The molecule has 0 bridgehead atoms. The molecule has 1 aliphatic carbocycles. The Bertz CT molecular complexity index is 248. The third kappa shape index (κ3) is 4.28. The average molecular weight is 240 g/mol. The summed E-state index contributed by atoms with van der Waals surface area (Å²) < 4.78 is 5.56. The Labute approximate surface area is 104 Å². The zero-order valence-electron chi connectivity index (χ0n) is 10.8. The number of likely N-dealkylation sites (N-methyl/N-ethyl adjacent to an activating group) is 1. The molecule has 4 heteroatoms. The molecule has 1 amide bonds. The standard InChI is InChI=1S/C13H24N2O2/c1-15(7-8-17-10-11-4-5-11)13(16)12-3-2-6-14-9-12/h11-12,14H,2-10H2,1H3/t12-/m0/s1. The highest BCUT2D eigenvalue weighted by Gasteiger charge is 2.24. The zero-order valence-corrected chi connectivity index (χ0v) is 10.8. The van der Waals surface area contributed by atoms with Gasteiger partial charge in [-0.2, -0.15) is 0 Å². The number of carbonyl (C=O) groups is 1. The fourth-order valence-electron chi connectivity index (χ4n) is 2.22. The fourth-order valence-corrected chi connectivity index (χ4v) is 2.22. The van der Waals surface area contributed by atoms with Crippen LogP contribution in [0.25, 0.3) is 0 Å². The minimum Gasteiger partial charge on any atom is -0.379 e. The van der Waals surface area contributed by atoms with Crippen molar-refractivity contribution in [1.82, 2.24) is 10.2 Å². The van der Waals surface area contributed by atoms with E-state index in [9.17, 15) is 4.79 Å². The Hall–Kier alpha value is -0.610. The van der Waals surface area contributed by atoms with E-state index >= 15 is 0 Å². The average Bonchev–Trinajstić information content (AvgIpc) is 3.18. The molecule has 0 aromatic rings. The fraction of sp³-hybridized carbons (Fsp3) is 0.923. The maximum atomic E-state index is 12.1. The lowest BCUT2D eigenvalue weighted by molar-refractivity contribution is -0.135. The van der Waals surface area contributed by atoms with E-state index in [4.69, 9.17) is 4.74 Å². The number of hydrogen-bond donors (Lipinski definition) is 1. The van der Waals surface area contributed by atoms with E-state index in [1.54, 1.807) is 0 Å². The molecule has 1 saturated carbocycles. The second-order valence-electron chi connectivity index (χ2n) is 5.32. The minimum atomic E-state index is 0.178. The van der Waals surface area contributed by atoms with Crippen molar-refractivity contribution in [1.29, 1.82) is 0 Å². The van der Waals surface area contributed by atoms with E-state index in [1.807, 2.05) is 11.9 Å². The third-order valence-corrected chi connectivity index (χ3v) is 3.64. The van der Waals surface area contributed by atoms with Crippen LogP contribution in [0, 0.1) is 11.8 Å². The molecule has 1 aliphatic heterocycles. The van der Waals surface area contributed by atoms with Gasteiger partial charge in [-0.1, -0.05) is 0 Å². The molecule has 17 heavy (non-hydrogen) atoms. The van der Waals surface area contributed by atoms with E-state index in [0.29, 0.717) is 6.61 Å². The van der Waals surface area contributed by atoms with Gasteiger partial charge < -0.3 is 15.0 Å². The predicted octanol–water partition coefficient (Wildman–Crippen LogP) is 0.871. The summed E-state index contributed by atoms with van der Waals surface area (Å²) in [5.41, 5.74) is 0. The molecule has 1 atom stereocenters. The van der Waals surface area contributed by atoms with Crippen molar-refractivity contribution in [3.63, 3.8) is 0 Å². The van der Waals surface area contributed by atoms with Crippen LogP contribution < -0.4 is 5.32 Å². The topological polar surface area (TPSA) is 41.6 Å². The van der Waals surface area contributed by atoms with Gasteiger partial charge >= 0.3 is 0 Å². The monoisotopic (exact) mass is 240 g/mol. The quantitative estimate of drug-likeness (QED) is 0.701. The lowest BCUT2D eigenvalue weighted by Gasteiger charge is -2.26. The summed E-state index contributed by atoms with van der Waals surface area (Å²) in [7, 11) is 1.89. The Kier molecular flexibility index (Phi) is 4.80.